The Morgan fingerprint density at radius 1 is 0.602 bits per heavy atom. The molecule has 0 spiro atoms. The quantitative estimate of drug-likeness (QED) is 0.143. The van der Waals surface area contributed by atoms with E-state index in [0.29, 0.717) is 19.5 Å². The molecule has 0 unspecified atom stereocenters. The molecule has 2 aromatic carbocycles. The number of likely N-dealkylation sites (N-methyl/N-ethyl adjacent to an activating group) is 3. The van der Waals surface area contributed by atoms with Crippen LogP contribution in [0.5, 0.6) is 0 Å². The zero-order chi connectivity index (χ0) is 70.5. The van der Waals surface area contributed by atoms with Gasteiger partial charge in [-0.3, -0.25) is 9.59 Å². The van der Waals surface area contributed by atoms with E-state index in [1.807, 2.05) is 82.8 Å². The van der Waals surface area contributed by atoms with Crippen LogP contribution in [0.25, 0.3) is 10.8 Å². The van der Waals surface area contributed by atoms with Crippen molar-refractivity contribution >= 4 is 32.7 Å². The molecular formula is C69H120N4O19S. The van der Waals surface area contributed by atoms with Crippen LogP contribution in [0.1, 0.15) is 156 Å². The van der Waals surface area contributed by atoms with Gasteiger partial charge in [-0.05, 0) is 164 Å². The Hall–Kier alpha value is -3.09. The Bertz CT molecular complexity index is 2810. The van der Waals surface area contributed by atoms with Crippen molar-refractivity contribution < 1.29 is 92.4 Å². The van der Waals surface area contributed by atoms with E-state index in [-0.39, 0.29) is 60.5 Å². The van der Waals surface area contributed by atoms with Gasteiger partial charge in [-0.1, -0.05) is 78.8 Å². The molecule has 4 saturated heterocycles. The van der Waals surface area contributed by atoms with E-state index in [0.717, 1.165) is 21.5 Å². The minimum Gasteiger partial charge on any atom is -0.459 e. The number of aliphatic hydroxyl groups excluding tert-OH is 5. The topological polar surface area (TPSA) is 327 Å². The number of rotatable bonds is 10. The molecule has 4 heterocycles. The van der Waals surface area contributed by atoms with Gasteiger partial charge >= 0.3 is 11.9 Å². The van der Waals surface area contributed by atoms with Gasteiger partial charge in [0.15, 0.2) is 12.6 Å². The molecule has 4 fully saturated rings. The van der Waals surface area contributed by atoms with Crippen LogP contribution in [-0.4, -0.2) is 248 Å². The van der Waals surface area contributed by atoms with Crippen molar-refractivity contribution in [2.24, 2.45) is 41.4 Å². The maximum Gasteiger partial charge on any atom is 0.311 e. The van der Waals surface area contributed by atoms with Gasteiger partial charge in [0.1, 0.15) is 41.7 Å². The van der Waals surface area contributed by atoms with Gasteiger partial charge in [-0.2, -0.15) is 4.31 Å². The fraction of sp³-hybridized carbons (Fsp3) is 0.826. The molecule has 0 bridgehead atoms. The molecule has 10 N–H and O–H groups in total. The normalized spacial score (nSPS) is 44.2. The van der Waals surface area contributed by atoms with Gasteiger partial charge in [0, 0.05) is 56.0 Å². The fourth-order valence-corrected chi connectivity index (χ4v) is 16.5. The molecule has 0 aliphatic carbocycles. The zero-order valence-electron chi connectivity index (χ0n) is 59.4. The van der Waals surface area contributed by atoms with E-state index in [9.17, 15) is 64.0 Å². The number of nitrogens with one attached hydrogen (secondary N) is 1. The summed E-state index contributed by atoms with van der Waals surface area (Å²) in [6.45, 7) is 30.3. The van der Waals surface area contributed by atoms with Crippen molar-refractivity contribution in [3.63, 3.8) is 0 Å². The first kappa shape index (κ1) is 80.6. The minimum absolute atomic E-state index is 0.0150. The lowest BCUT2D eigenvalue weighted by atomic mass is 9.78. The standard InChI is InChI=1S/C39H62N2O11S.C30H58N2O8/c1-11-31-39(8,47)34(44)26(6)40(9)21-22(2)20-38(7,46)35(24(4)32(42)25(5)36(45)51-31)52-37-33(43)30(18-23(3)50-37)41(10)53(48,49)29-17-16-27-14-12-13-15-28(27)19-29;1-12-23-30(9,37)25(34)21(7)32(11)15-16(2)14-29(8,36)26(19(5)24(33)20(6)27(35)39-23)40-28-18(4)22(31-10)13-17(3)38-28/h12-17,19,22-26,30-35,37,42-44,46-47H,11,18,20-21H2,1-10H3;16-26,28,31,33-34,36-37H,12-15H2,1-11H3/t22-,23-,24+,25-,26-,30+,31-,32+,33-,34-,35-,37+,38-,39-;16-,17-,18-,19+,20-,21-,22+,23-,24+,25-,26-,28+,29-,30-/m11/s1. The summed E-state index contributed by atoms with van der Waals surface area (Å²) in [5.74, 6) is -5.51. The molecule has 0 radical (unpaired) electrons. The summed E-state index contributed by atoms with van der Waals surface area (Å²) in [6, 6.07) is 10.4. The first-order valence-electron chi connectivity index (χ1n) is 33.8. The molecule has 93 heavy (non-hydrogen) atoms. The molecule has 0 saturated carbocycles. The first-order valence-corrected chi connectivity index (χ1v) is 35.2. The Balaban J connectivity index is 0.000000351. The second-order valence-electron chi connectivity index (χ2n) is 29.5. The number of nitrogens with zero attached hydrogens (tertiary/aromatic N) is 3. The number of fused-ring (bicyclic) bond motifs is 1. The van der Waals surface area contributed by atoms with Crippen molar-refractivity contribution in [1.29, 1.82) is 0 Å². The molecule has 28 atom stereocenters. The third-order valence-corrected chi connectivity index (χ3v) is 23.1. The van der Waals surface area contributed by atoms with E-state index < -0.39 is 160 Å². The molecule has 24 heteroatoms. The summed E-state index contributed by atoms with van der Waals surface area (Å²) in [7, 11) is 2.88. The number of carbonyl (C=O) groups excluding carboxylic acids is 2. The Morgan fingerprint density at radius 3 is 1.44 bits per heavy atom. The number of hydrogen-bond acceptors (Lipinski definition) is 22. The average Bonchev–Trinajstić information content (AvgIpc) is 1.34. The van der Waals surface area contributed by atoms with Crippen molar-refractivity contribution in [2.75, 3.05) is 41.3 Å². The number of sulfonamides is 1. The van der Waals surface area contributed by atoms with Crippen molar-refractivity contribution in [2.45, 2.75) is 287 Å². The number of carbonyl (C=O) groups is 2. The highest BCUT2D eigenvalue weighted by atomic mass is 32.2. The van der Waals surface area contributed by atoms with Crippen molar-refractivity contribution in [1.82, 2.24) is 19.4 Å². The predicted molar refractivity (Wildman–Crippen MR) is 354 cm³/mol. The van der Waals surface area contributed by atoms with Gasteiger partial charge in [0.2, 0.25) is 10.0 Å². The molecular weight excluding hydrogens is 1220 g/mol. The highest BCUT2D eigenvalue weighted by molar-refractivity contribution is 7.89. The predicted octanol–water partition coefficient (Wildman–Crippen LogP) is 4.80. The number of hydrogen-bond donors (Lipinski definition) is 10. The summed E-state index contributed by atoms with van der Waals surface area (Å²) in [4.78, 5) is 30.7. The molecule has 6 rings (SSSR count). The molecule has 23 nitrogen and oxygen atoms in total. The van der Waals surface area contributed by atoms with Crippen LogP contribution in [0.3, 0.4) is 0 Å². The van der Waals surface area contributed by atoms with E-state index in [1.54, 1.807) is 81.5 Å². The zero-order valence-corrected chi connectivity index (χ0v) is 60.2. The highest BCUT2D eigenvalue weighted by Gasteiger charge is 2.53. The smallest absolute Gasteiger partial charge is 0.311 e. The third kappa shape index (κ3) is 18.8. The second kappa shape index (κ2) is 32.7. The summed E-state index contributed by atoms with van der Waals surface area (Å²) in [6.07, 6.45) is -11.6. The van der Waals surface area contributed by atoms with Crippen LogP contribution in [0, 0.1) is 41.4 Å². The molecule has 4 aliphatic rings. The number of ether oxygens (including phenoxy) is 6. The van der Waals surface area contributed by atoms with E-state index in [2.05, 4.69) is 5.32 Å². The molecule has 2 aromatic rings. The molecule has 536 valence electrons. The Morgan fingerprint density at radius 2 is 1.01 bits per heavy atom. The molecule has 0 amide bonds. The van der Waals surface area contributed by atoms with Gasteiger partial charge in [-0.15, -0.1) is 0 Å². The third-order valence-electron chi connectivity index (χ3n) is 21.2. The average molecular weight is 1340 g/mol. The van der Waals surface area contributed by atoms with Crippen molar-refractivity contribution in [3.05, 3.63) is 42.5 Å². The van der Waals surface area contributed by atoms with Crippen LogP contribution in [0.4, 0.5) is 0 Å². The monoisotopic (exact) mass is 1340 g/mol. The lowest BCUT2D eigenvalue weighted by molar-refractivity contribution is -0.297. The lowest BCUT2D eigenvalue weighted by Gasteiger charge is -2.46. The highest BCUT2D eigenvalue weighted by Crippen LogP contribution is 2.40. The number of benzene rings is 2. The summed E-state index contributed by atoms with van der Waals surface area (Å²) >= 11 is 0. The van der Waals surface area contributed by atoms with E-state index in [4.69, 9.17) is 28.4 Å². The Kier molecular flexibility index (Phi) is 28.4. The number of aliphatic hydroxyl groups is 9. The van der Waals surface area contributed by atoms with Crippen molar-refractivity contribution in [3.8, 4) is 0 Å². The van der Waals surface area contributed by atoms with E-state index in [1.165, 1.54) is 33.9 Å². The lowest BCUT2D eigenvalue weighted by Crippen LogP contribution is -2.60. The van der Waals surface area contributed by atoms with Crippen LogP contribution >= 0.6 is 0 Å². The molecule has 4 aliphatic heterocycles. The minimum atomic E-state index is -4.09. The van der Waals surface area contributed by atoms with Crippen LogP contribution < -0.4 is 5.32 Å². The number of cyclic esters (lactones) is 2. The van der Waals surface area contributed by atoms with E-state index >= 15 is 0 Å². The SMILES string of the molecule is CC[C@H]1OC(=O)[C@H](C)[C@@H](O)[C@H](C)[C@@H](O[C@@H]2O[C@H](C)C[C@H](N(C)S(=O)(=O)c3ccc4ccccc4c3)[C@H]2O)[C@](C)(O)C[C@@H](C)CN(C)[C@H](C)[C@@H](O)[C@]1(C)O.CC[C@H]1OC(=O)[C@H](C)[C@@H](O)[C@H](C)[C@@H](O[C@@H]2O[C@H](C)C[C@H](NC)[C@H]2C)[C@](C)(O)C[C@@H](C)CN(C)[C@H](C)[C@@H](O)[C@]1(C)O. The van der Waals surface area contributed by atoms with Gasteiger partial charge in [0.05, 0.1) is 70.6 Å². The second-order valence-corrected chi connectivity index (χ2v) is 31.5. The summed E-state index contributed by atoms with van der Waals surface area (Å²) in [5, 5.41) is 109. The van der Waals surface area contributed by atoms with Gasteiger partial charge in [0.25, 0.3) is 0 Å². The van der Waals surface area contributed by atoms with Crippen LogP contribution in [-0.2, 0) is 48.0 Å². The summed E-state index contributed by atoms with van der Waals surface area (Å²) < 4.78 is 65.9. The number of esters is 2. The van der Waals surface area contributed by atoms with Gasteiger partial charge < -0.3 is 89.5 Å². The van der Waals surface area contributed by atoms with Gasteiger partial charge in [-0.25, -0.2) is 8.42 Å². The maximum atomic E-state index is 14.0. The summed E-state index contributed by atoms with van der Waals surface area (Å²) in [5.41, 5.74) is -6.59. The van der Waals surface area contributed by atoms with Crippen LogP contribution in [0.2, 0.25) is 0 Å². The first-order chi connectivity index (χ1) is 42.9. The largest absolute Gasteiger partial charge is 0.459 e. The maximum absolute atomic E-state index is 14.0. The molecule has 0 aromatic heterocycles. The Labute approximate surface area is 554 Å². The van der Waals surface area contributed by atoms with Crippen LogP contribution in [0.15, 0.2) is 47.4 Å². The fourth-order valence-electron chi connectivity index (χ4n) is 15.0.